The van der Waals surface area contributed by atoms with Crippen LogP contribution in [0.5, 0.6) is 5.75 Å². The number of H-pyrrole nitrogens is 1. The molecule has 0 saturated carbocycles. The molecule has 154 valence electrons. The summed E-state index contributed by atoms with van der Waals surface area (Å²) in [6, 6.07) is 22.5. The Morgan fingerprint density at radius 2 is 1.81 bits per heavy atom. The summed E-state index contributed by atoms with van der Waals surface area (Å²) in [4.78, 5) is 15.3. The summed E-state index contributed by atoms with van der Waals surface area (Å²) < 4.78 is 0. The van der Waals surface area contributed by atoms with Gasteiger partial charge in [0.2, 0.25) is 0 Å². The normalized spacial score (nSPS) is 15.4. The lowest BCUT2D eigenvalue weighted by molar-refractivity contribution is 0.0730. The van der Waals surface area contributed by atoms with E-state index in [1.807, 2.05) is 66.4 Å². The Morgan fingerprint density at radius 3 is 2.55 bits per heavy atom. The van der Waals surface area contributed by atoms with E-state index in [-0.39, 0.29) is 17.7 Å². The number of aromatic amines is 1. The van der Waals surface area contributed by atoms with Crippen LogP contribution in [0.1, 0.15) is 38.8 Å². The highest BCUT2D eigenvalue weighted by Gasteiger charge is 2.42. The van der Waals surface area contributed by atoms with Crippen molar-refractivity contribution in [2.24, 2.45) is 0 Å². The molecule has 0 spiro atoms. The van der Waals surface area contributed by atoms with Gasteiger partial charge in [0.25, 0.3) is 5.91 Å². The zero-order valence-corrected chi connectivity index (χ0v) is 17.6. The van der Waals surface area contributed by atoms with E-state index in [9.17, 15) is 9.90 Å². The van der Waals surface area contributed by atoms with Gasteiger partial charge in [0.1, 0.15) is 17.1 Å². The van der Waals surface area contributed by atoms with Crippen LogP contribution in [0.4, 0.5) is 0 Å². The van der Waals surface area contributed by atoms with Gasteiger partial charge in [-0.3, -0.25) is 9.89 Å². The molecule has 2 N–H and O–H groups in total. The van der Waals surface area contributed by atoms with E-state index in [0.29, 0.717) is 28.5 Å². The molecule has 0 fully saturated rings. The highest BCUT2D eigenvalue weighted by molar-refractivity contribution is 6.31. The zero-order chi connectivity index (χ0) is 21.5. The Hall–Kier alpha value is -3.57. The molecule has 3 aromatic carbocycles. The Morgan fingerprint density at radius 1 is 1.06 bits per heavy atom. The number of aryl methyl sites for hydroxylation is 1. The SMILES string of the molecule is Cc1ccc(C2c3c(-c4cc(Cl)ccc4O)n[nH]c3C(=O)N2Cc2ccccc2)cc1. The number of rotatable bonds is 4. The molecule has 1 aliphatic heterocycles. The number of nitrogens with zero attached hydrogens (tertiary/aromatic N) is 2. The Balaban J connectivity index is 1.68. The van der Waals surface area contributed by atoms with Gasteiger partial charge in [-0.2, -0.15) is 5.10 Å². The zero-order valence-electron chi connectivity index (χ0n) is 16.8. The van der Waals surface area contributed by atoms with Crippen molar-refractivity contribution in [1.82, 2.24) is 15.1 Å². The molecular formula is C25H20ClN3O2. The number of carbonyl (C=O) groups is 1. The van der Waals surface area contributed by atoms with Gasteiger partial charge in [0.05, 0.1) is 6.04 Å². The maximum absolute atomic E-state index is 13.4. The molecule has 4 aromatic rings. The van der Waals surface area contributed by atoms with Crippen LogP contribution in [0.3, 0.4) is 0 Å². The van der Waals surface area contributed by atoms with Gasteiger partial charge < -0.3 is 10.0 Å². The predicted molar refractivity (Wildman–Crippen MR) is 120 cm³/mol. The number of fused-ring (bicyclic) bond motifs is 1. The van der Waals surface area contributed by atoms with E-state index >= 15 is 0 Å². The van der Waals surface area contributed by atoms with Crippen molar-refractivity contribution in [3.05, 3.63) is 106 Å². The van der Waals surface area contributed by atoms with E-state index in [0.717, 1.165) is 22.3 Å². The van der Waals surface area contributed by atoms with Crippen LogP contribution in [-0.4, -0.2) is 26.1 Å². The van der Waals surface area contributed by atoms with Crippen LogP contribution < -0.4 is 0 Å². The summed E-state index contributed by atoms with van der Waals surface area (Å²) in [7, 11) is 0. The average Bonchev–Trinajstić information content (AvgIpc) is 3.31. The molecule has 0 aliphatic carbocycles. The number of carbonyl (C=O) groups excluding carboxylic acids is 1. The van der Waals surface area contributed by atoms with Crippen LogP contribution in [0.15, 0.2) is 72.8 Å². The van der Waals surface area contributed by atoms with Crippen LogP contribution in [-0.2, 0) is 6.54 Å². The molecule has 0 saturated heterocycles. The first-order valence-corrected chi connectivity index (χ1v) is 10.4. The van der Waals surface area contributed by atoms with Crippen LogP contribution in [0, 0.1) is 6.92 Å². The van der Waals surface area contributed by atoms with Crippen LogP contribution in [0.25, 0.3) is 11.3 Å². The van der Waals surface area contributed by atoms with Crippen molar-refractivity contribution in [3.8, 4) is 17.0 Å². The van der Waals surface area contributed by atoms with Crippen molar-refractivity contribution in [2.45, 2.75) is 19.5 Å². The summed E-state index contributed by atoms with van der Waals surface area (Å²) in [5, 5.41) is 18.3. The van der Waals surface area contributed by atoms with Crippen molar-refractivity contribution < 1.29 is 9.90 Å². The molecule has 1 aromatic heterocycles. The minimum atomic E-state index is -0.338. The third-order valence-corrected chi connectivity index (χ3v) is 5.90. The van der Waals surface area contributed by atoms with E-state index in [1.54, 1.807) is 12.1 Å². The first-order chi connectivity index (χ1) is 15.0. The number of benzene rings is 3. The second-order valence-electron chi connectivity index (χ2n) is 7.75. The third-order valence-electron chi connectivity index (χ3n) is 5.67. The third kappa shape index (κ3) is 3.37. The lowest BCUT2D eigenvalue weighted by atomic mass is 9.95. The van der Waals surface area contributed by atoms with Crippen LogP contribution in [0.2, 0.25) is 5.02 Å². The monoisotopic (exact) mass is 429 g/mol. The second-order valence-corrected chi connectivity index (χ2v) is 8.19. The van der Waals surface area contributed by atoms with E-state index in [1.165, 1.54) is 6.07 Å². The lowest BCUT2D eigenvalue weighted by Crippen LogP contribution is -2.29. The lowest BCUT2D eigenvalue weighted by Gasteiger charge is -2.26. The molecule has 5 rings (SSSR count). The average molecular weight is 430 g/mol. The fourth-order valence-electron chi connectivity index (χ4n) is 4.14. The fraction of sp³-hybridized carbons (Fsp3) is 0.120. The van der Waals surface area contributed by atoms with Gasteiger partial charge in [-0.05, 0) is 36.2 Å². The maximum Gasteiger partial charge on any atom is 0.273 e. The highest BCUT2D eigenvalue weighted by Crippen LogP contribution is 2.45. The van der Waals surface area contributed by atoms with Crippen molar-refractivity contribution in [1.29, 1.82) is 0 Å². The second kappa shape index (κ2) is 7.60. The Kier molecular flexibility index (Phi) is 4.75. The molecule has 1 amide bonds. The number of phenolic OH excluding ortho intramolecular Hbond substituents is 1. The smallest absolute Gasteiger partial charge is 0.273 e. The van der Waals surface area contributed by atoms with E-state index in [4.69, 9.17) is 11.6 Å². The van der Waals surface area contributed by atoms with Gasteiger partial charge in [-0.25, -0.2) is 0 Å². The number of phenols is 1. The van der Waals surface area contributed by atoms with Gasteiger partial charge in [0, 0.05) is 22.7 Å². The Labute approximate surface area is 184 Å². The summed E-state index contributed by atoms with van der Waals surface area (Å²) in [6.07, 6.45) is 0. The van der Waals surface area contributed by atoms with Crippen molar-refractivity contribution in [3.63, 3.8) is 0 Å². The fourth-order valence-corrected chi connectivity index (χ4v) is 4.31. The number of halogens is 1. The first kappa shape index (κ1) is 19.4. The molecule has 6 heteroatoms. The molecule has 1 aliphatic rings. The number of aromatic hydroxyl groups is 1. The number of amides is 1. The van der Waals surface area contributed by atoms with Crippen molar-refractivity contribution in [2.75, 3.05) is 0 Å². The molecule has 2 heterocycles. The highest BCUT2D eigenvalue weighted by atomic mass is 35.5. The van der Waals surface area contributed by atoms with Gasteiger partial charge >= 0.3 is 0 Å². The molecule has 0 bridgehead atoms. The minimum Gasteiger partial charge on any atom is -0.507 e. The van der Waals surface area contributed by atoms with E-state index < -0.39 is 0 Å². The largest absolute Gasteiger partial charge is 0.507 e. The predicted octanol–water partition coefficient (Wildman–Crippen LogP) is 5.49. The van der Waals surface area contributed by atoms with Gasteiger partial charge in [-0.15, -0.1) is 0 Å². The summed E-state index contributed by atoms with van der Waals surface area (Å²) in [5.41, 5.74) is 5.39. The number of hydrogen-bond donors (Lipinski definition) is 2. The summed E-state index contributed by atoms with van der Waals surface area (Å²) >= 11 is 6.19. The topological polar surface area (TPSA) is 69.2 Å². The van der Waals surface area contributed by atoms with E-state index in [2.05, 4.69) is 10.2 Å². The van der Waals surface area contributed by atoms with Gasteiger partial charge in [-0.1, -0.05) is 71.8 Å². The number of hydrogen-bond acceptors (Lipinski definition) is 3. The molecular weight excluding hydrogens is 410 g/mol. The molecule has 0 radical (unpaired) electrons. The standard InChI is InChI=1S/C25H20ClN3O2/c1-15-7-9-17(10-8-15)24-21-22(19-13-18(26)11-12-20(19)30)27-28-23(21)25(31)29(24)14-16-5-3-2-4-6-16/h2-13,24,30H,14H2,1H3,(H,27,28). The molecule has 31 heavy (non-hydrogen) atoms. The number of nitrogens with one attached hydrogen (secondary N) is 1. The van der Waals surface area contributed by atoms with Crippen molar-refractivity contribution >= 4 is 17.5 Å². The number of aromatic nitrogens is 2. The molecule has 1 unspecified atom stereocenters. The maximum atomic E-state index is 13.4. The Bertz CT molecular complexity index is 1270. The quantitative estimate of drug-likeness (QED) is 0.450. The first-order valence-electron chi connectivity index (χ1n) is 10.0. The van der Waals surface area contributed by atoms with Gasteiger partial charge in [0.15, 0.2) is 0 Å². The summed E-state index contributed by atoms with van der Waals surface area (Å²) in [5.74, 6) is -0.0555. The summed E-state index contributed by atoms with van der Waals surface area (Å²) in [6.45, 7) is 2.49. The van der Waals surface area contributed by atoms with Crippen LogP contribution >= 0.6 is 11.6 Å². The minimum absolute atomic E-state index is 0.0651. The molecule has 5 nitrogen and oxygen atoms in total. The molecule has 1 atom stereocenters.